The molecule has 0 aliphatic rings. The number of carbonyl (C=O) groups is 2. The summed E-state index contributed by atoms with van der Waals surface area (Å²) in [5.74, 6) is -4.37. The molecule has 0 unspecified atom stereocenters. The van der Waals surface area contributed by atoms with E-state index in [0.29, 0.717) is 0 Å². The van der Waals surface area contributed by atoms with Gasteiger partial charge in [0.1, 0.15) is 0 Å². The Kier molecular flexibility index (Phi) is 16.8. The SMILES string of the molecule is O=C([O-])C(=O)[O-].[Eu+3].[Sn+4]. The molecule has 0 saturated carbocycles. The zero-order valence-electron chi connectivity index (χ0n) is 3.51. The maximum atomic E-state index is 8.93. The molecule has 0 aliphatic heterocycles. The van der Waals surface area contributed by atoms with Gasteiger partial charge in [0.05, 0.1) is 11.9 Å². The Morgan fingerprint density at radius 3 is 1.12 bits per heavy atom. The van der Waals surface area contributed by atoms with Gasteiger partial charge in [-0.25, -0.2) is 0 Å². The number of carboxylic acids is 2. The second-order valence-corrected chi connectivity index (χ2v) is 0.575. The summed E-state index contributed by atoms with van der Waals surface area (Å²) in [5.41, 5.74) is 0. The maximum Gasteiger partial charge on any atom is 4.00 e. The summed E-state index contributed by atoms with van der Waals surface area (Å²) in [5, 5.41) is 17.9. The van der Waals surface area contributed by atoms with Crippen molar-refractivity contribution < 1.29 is 69.2 Å². The molecule has 0 aliphatic carbocycles. The molecule has 4 nitrogen and oxygen atoms in total. The van der Waals surface area contributed by atoms with Gasteiger partial charge in [-0.2, -0.15) is 0 Å². The molecule has 6 heteroatoms. The Bertz CT molecular complexity index is 80.0. The number of carboxylic acid groups (broad SMARTS) is 2. The van der Waals surface area contributed by atoms with E-state index in [1.165, 1.54) is 0 Å². The smallest absolute Gasteiger partial charge is 0.543 e. The summed E-state index contributed by atoms with van der Waals surface area (Å²) in [4.78, 5) is 17.9. The summed E-state index contributed by atoms with van der Waals surface area (Å²) in [6.07, 6.45) is 0. The second kappa shape index (κ2) is 8.32. The number of hydrogen-bond donors (Lipinski definition) is 0. The first-order valence-corrected chi connectivity index (χ1v) is 1.07. The van der Waals surface area contributed by atoms with E-state index in [4.69, 9.17) is 19.8 Å². The summed E-state index contributed by atoms with van der Waals surface area (Å²) < 4.78 is 0. The van der Waals surface area contributed by atoms with Gasteiger partial charge in [0.15, 0.2) is 0 Å². The van der Waals surface area contributed by atoms with Crippen LogP contribution in [0.3, 0.4) is 0 Å². The fourth-order valence-corrected chi connectivity index (χ4v) is 0. The molecule has 0 atom stereocenters. The normalized spacial score (nSPS) is 5.50. The van der Waals surface area contributed by atoms with Crippen molar-refractivity contribution in [2.24, 2.45) is 0 Å². The Hall–Kier alpha value is 1.32. The van der Waals surface area contributed by atoms with Crippen LogP contribution in [-0.2, 0) is 9.59 Å². The Morgan fingerprint density at radius 2 is 1.12 bits per heavy atom. The fourth-order valence-electron chi connectivity index (χ4n) is 0. The van der Waals surface area contributed by atoms with Crippen molar-refractivity contribution in [1.29, 1.82) is 0 Å². The third-order valence-electron chi connectivity index (χ3n) is 0.167. The van der Waals surface area contributed by atoms with Crippen molar-refractivity contribution in [2.75, 3.05) is 0 Å². The third kappa shape index (κ3) is 10.3. The van der Waals surface area contributed by atoms with Gasteiger partial charge in [0.25, 0.3) is 0 Å². The number of aliphatic carboxylic acids is 2. The molecule has 8 heavy (non-hydrogen) atoms. The zero-order chi connectivity index (χ0) is 5.15. The molecule has 0 saturated heterocycles. The fraction of sp³-hybridized carbons (Fsp3) is 0. The molecule has 0 spiro atoms. The first kappa shape index (κ1) is 16.2. The van der Waals surface area contributed by atoms with Gasteiger partial charge in [-0.15, -0.1) is 0 Å². The van der Waals surface area contributed by atoms with E-state index in [2.05, 4.69) is 0 Å². The third-order valence-corrected chi connectivity index (χ3v) is 0.167. The first-order valence-electron chi connectivity index (χ1n) is 1.07. The standard InChI is InChI=1S/C2H2O4.Eu.Sn/c3-1(4)2(5)6;;/h(H,3,4)(H,5,6);;/q;+3;+4/p-2. The molecule has 0 fully saturated rings. The average molecular weight is 359 g/mol. The minimum absolute atomic E-state index is 0. The van der Waals surface area contributed by atoms with E-state index in [1.807, 2.05) is 0 Å². The molecule has 0 radical (unpaired) electrons. The molecule has 0 amide bonds. The molecule has 0 N–H and O–H groups in total. The maximum absolute atomic E-state index is 8.93. The van der Waals surface area contributed by atoms with Crippen LogP contribution >= 0.6 is 0 Å². The van der Waals surface area contributed by atoms with Crippen LogP contribution in [0.1, 0.15) is 0 Å². The van der Waals surface area contributed by atoms with Crippen LogP contribution in [0.25, 0.3) is 0 Å². The summed E-state index contributed by atoms with van der Waals surface area (Å²) in [7, 11) is 0. The van der Waals surface area contributed by atoms with E-state index in [0.717, 1.165) is 0 Å². The molecule has 0 aromatic heterocycles. The van der Waals surface area contributed by atoms with E-state index in [-0.39, 0.29) is 73.3 Å². The van der Waals surface area contributed by atoms with Gasteiger partial charge < -0.3 is 19.8 Å². The van der Waals surface area contributed by atoms with Crippen LogP contribution in [0.15, 0.2) is 0 Å². The monoisotopic (exact) mass is 361 g/mol. The summed E-state index contributed by atoms with van der Waals surface area (Å²) in [6, 6.07) is 0. The van der Waals surface area contributed by atoms with Crippen LogP contribution in [0.2, 0.25) is 0 Å². The van der Waals surface area contributed by atoms with E-state index in [9.17, 15) is 0 Å². The van der Waals surface area contributed by atoms with Crippen molar-refractivity contribution >= 4 is 35.8 Å². The van der Waals surface area contributed by atoms with Gasteiger partial charge in [-0.1, -0.05) is 0 Å². The Balaban J connectivity index is -0.000000125. The molecule has 0 bridgehead atoms. The van der Waals surface area contributed by atoms with Crippen LogP contribution in [-0.4, -0.2) is 35.8 Å². The molecule has 0 rings (SSSR count). The minimum Gasteiger partial charge on any atom is -0.543 e. The zero-order valence-corrected chi connectivity index (χ0v) is 8.79. The topological polar surface area (TPSA) is 80.3 Å². The van der Waals surface area contributed by atoms with Crippen LogP contribution in [0.4, 0.5) is 0 Å². The average Bonchev–Trinajstić information content (AvgIpc) is 1.36. The van der Waals surface area contributed by atoms with Crippen molar-refractivity contribution in [3.8, 4) is 0 Å². The molecule has 38 valence electrons. The van der Waals surface area contributed by atoms with Crippen molar-refractivity contribution in [3.63, 3.8) is 0 Å². The molecular formula is C2EuO4Sn+5. The first-order chi connectivity index (χ1) is 2.64. The largest absolute Gasteiger partial charge is 4.00 e. The van der Waals surface area contributed by atoms with E-state index >= 15 is 0 Å². The number of rotatable bonds is 0. The molecule has 0 heterocycles. The second-order valence-electron chi connectivity index (χ2n) is 0.575. The molecule has 0 aromatic rings. The van der Waals surface area contributed by atoms with Crippen molar-refractivity contribution in [3.05, 3.63) is 0 Å². The minimum atomic E-state index is -2.19. The number of hydrogen-bond acceptors (Lipinski definition) is 4. The predicted molar refractivity (Wildman–Crippen MR) is 15.8 cm³/mol. The van der Waals surface area contributed by atoms with Gasteiger partial charge in [-0.3, -0.25) is 0 Å². The van der Waals surface area contributed by atoms with E-state index < -0.39 is 11.9 Å². The quantitative estimate of drug-likeness (QED) is 0.328. The van der Waals surface area contributed by atoms with Crippen molar-refractivity contribution in [1.82, 2.24) is 0 Å². The summed E-state index contributed by atoms with van der Waals surface area (Å²) >= 11 is 0. The van der Waals surface area contributed by atoms with Gasteiger partial charge in [0, 0.05) is 0 Å². The van der Waals surface area contributed by atoms with Crippen LogP contribution < -0.4 is 10.2 Å². The Labute approximate surface area is 103 Å². The van der Waals surface area contributed by atoms with Gasteiger partial charge in [0.2, 0.25) is 0 Å². The van der Waals surface area contributed by atoms with Gasteiger partial charge in [-0.05, 0) is 0 Å². The van der Waals surface area contributed by atoms with Gasteiger partial charge >= 0.3 is 73.3 Å². The van der Waals surface area contributed by atoms with Crippen molar-refractivity contribution in [2.45, 2.75) is 0 Å². The van der Waals surface area contributed by atoms with E-state index in [1.54, 1.807) is 0 Å². The van der Waals surface area contributed by atoms with Crippen LogP contribution in [0.5, 0.6) is 0 Å². The summed E-state index contributed by atoms with van der Waals surface area (Å²) in [6.45, 7) is 0. The predicted octanol–water partition coefficient (Wildman–Crippen LogP) is -3.89. The van der Waals surface area contributed by atoms with Crippen LogP contribution in [0, 0.1) is 49.4 Å². The molecule has 0 aromatic carbocycles. The molecular weight excluding hydrogens is 359 g/mol. The number of carbonyl (C=O) groups excluding carboxylic acids is 2. The Morgan fingerprint density at radius 1 is 1.00 bits per heavy atom.